The van der Waals surface area contributed by atoms with Gasteiger partial charge in [0, 0.05) is 0 Å². The molecule has 0 spiro atoms. The highest BCUT2D eigenvalue weighted by Crippen LogP contribution is 2.20. The van der Waals surface area contributed by atoms with Gasteiger partial charge in [-0.2, -0.15) is 0 Å². The molecular weight excluding hydrogens is 408 g/mol. The molecule has 2 rings (SSSR count). The van der Waals surface area contributed by atoms with Crippen molar-refractivity contribution in [2.45, 2.75) is 29.2 Å². The summed E-state index contributed by atoms with van der Waals surface area (Å²) in [6.45, 7) is 3.25. The average Bonchev–Trinajstić information content (AvgIpc) is 2.59. The summed E-state index contributed by atoms with van der Waals surface area (Å²) < 4.78 is 48.0. The van der Waals surface area contributed by atoms with Gasteiger partial charge in [-0.05, 0) is 55.8 Å². The number of rotatable bonds is 4. The minimum Gasteiger partial charge on any atom is -0.465 e. The van der Waals surface area contributed by atoms with Crippen LogP contribution in [0.5, 0.6) is 0 Å². The Morgan fingerprint density at radius 1 is 0.857 bits per heavy atom. The summed E-state index contributed by atoms with van der Waals surface area (Å²) in [6.07, 6.45) is 0. The van der Waals surface area contributed by atoms with Gasteiger partial charge in [0.15, 0.2) is 0 Å². The van der Waals surface area contributed by atoms with Crippen LogP contribution in [0.4, 0.5) is 0 Å². The van der Waals surface area contributed by atoms with E-state index in [1.165, 1.54) is 43.5 Å². The van der Waals surface area contributed by atoms with Crippen LogP contribution in [-0.4, -0.2) is 35.0 Å². The topological polar surface area (TPSA) is 167 Å². The maximum atomic E-state index is 11.0. The molecule has 0 aliphatic rings. The van der Waals surface area contributed by atoms with Crippen LogP contribution in [-0.2, 0) is 30.4 Å². The quantitative estimate of drug-likeness (QED) is 0.599. The molecule has 0 saturated heterocycles. The first-order valence-electron chi connectivity index (χ1n) is 7.73. The van der Waals surface area contributed by atoms with Gasteiger partial charge >= 0.3 is 5.97 Å². The average molecular weight is 431 g/mol. The monoisotopic (exact) mass is 430 g/mol. The third kappa shape index (κ3) is 7.02. The summed E-state index contributed by atoms with van der Waals surface area (Å²) in [5.41, 5.74) is -0.0542. The molecule has 2 aromatic carbocycles. The van der Waals surface area contributed by atoms with Crippen LogP contribution < -0.4 is 10.3 Å². The SMILES string of the molecule is CC(C)(O)c1ccc(S(N)(=O)=O)cc1.COC(=O)c1ccc(S(N)(=O)=O)cc1. The number of sulfonamides is 2. The van der Waals surface area contributed by atoms with E-state index in [1.54, 1.807) is 26.0 Å². The van der Waals surface area contributed by atoms with Gasteiger partial charge < -0.3 is 9.84 Å². The predicted molar refractivity (Wildman–Crippen MR) is 102 cm³/mol. The number of carbonyl (C=O) groups excluding carboxylic acids is 1. The van der Waals surface area contributed by atoms with Crippen LogP contribution in [0.15, 0.2) is 58.3 Å². The lowest BCUT2D eigenvalue weighted by Crippen LogP contribution is -2.16. The lowest BCUT2D eigenvalue weighted by atomic mass is 9.99. The highest BCUT2D eigenvalue weighted by atomic mass is 32.2. The molecule has 0 fully saturated rings. The number of carbonyl (C=O) groups is 1. The molecule has 0 aliphatic carbocycles. The molecule has 5 N–H and O–H groups in total. The minimum absolute atomic E-state index is 0.0369. The van der Waals surface area contributed by atoms with Crippen molar-refractivity contribution in [2.24, 2.45) is 10.3 Å². The van der Waals surface area contributed by atoms with E-state index in [4.69, 9.17) is 10.3 Å². The van der Waals surface area contributed by atoms with Gasteiger partial charge in [-0.15, -0.1) is 0 Å². The number of hydrogen-bond acceptors (Lipinski definition) is 7. The molecule has 0 heterocycles. The van der Waals surface area contributed by atoms with Crippen molar-refractivity contribution in [3.05, 3.63) is 59.7 Å². The lowest BCUT2D eigenvalue weighted by molar-refractivity contribution is 0.0600. The molecule has 28 heavy (non-hydrogen) atoms. The van der Waals surface area contributed by atoms with Gasteiger partial charge in [0.25, 0.3) is 0 Å². The Balaban J connectivity index is 0.000000280. The van der Waals surface area contributed by atoms with Crippen molar-refractivity contribution < 1.29 is 31.5 Å². The Bertz CT molecular complexity index is 1020. The number of primary sulfonamides is 2. The largest absolute Gasteiger partial charge is 0.465 e. The highest BCUT2D eigenvalue weighted by Gasteiger charge is 2.16. The van der Waals surface area contributed by atoms with Crippen LogP contribution in [0, 0.1) is 0 Å². The number of hydrogen-bond donors (Lipinski definition) is 3. The van der Waals surface area contributed by atoms with Crippen LogP contribution in [0.3, 0.4) is 0 Å². The van der Waals surface area contributed by atoms with Crippen molar-refractivity contribution in [3.63, 3.8) is 0 Å². The second kappa shape index (κ2) is 8.80. The van der Waals surface area contributed by atoms with Crippen molar-refractivity contribution in [2.75, 3.05) is 7.11 Å². The lowest BCUT2D eigenvalue weighted by Gasteiger charge is -2.17. The molecule has 9 nitrogen and oxygen atoms in total. The zero-order valence-electron chi connectivity index (χ0n) is 15.5. The van der Waals surface area contributed by atoms with Crippen molar-refractivity contribution in [3.8, 4) is 0 Å². The molecule has 0 saturated carbocycles. The maximum absolute atomic E-state index is 11.0. The Kier molecular flexibility index (Phi) is 7.45. The van der Waals surface area contributed by atoms with E-state index in [2.05, 4.69) is 4.74 Å². The predicted octanol–water partition coefficient (Wildman–Crippen LogP) is 0.682. The molecule has 0 amide bonds. The van der Waals surface area contributed by atoms with Gasteiger partial charge in [0.1, 0.15) is 0 Å². The minimum atomic E-state index is -3.70. The second-order valence-electron chi connectivity index (χ2n) is 6.19. The van der Waals surface area contributed by atoms with Crippen LogP contribution >= 0.6 is 0 Å². The van der Waals surface area contributed by atoms with Gasteiger partial charge in [0.05, 0.1) is 28.1 Å². The third-order valence-electron chi connectivity index (χ3n) is 3.49. The summed E-state index contributed by atoms with van der Waals surface area (Å²) in [6, 6.07) is 11.0. The van der Waals surface area contributed by atoms with Crippen LogP contribution in [0.1, 0.15) is 29.8 Å². The standard InChI is InChI=1S/C9H13NO3S.C8H9NO4S/c1-9(2,11)7-3-5-8(6-4-7)14(10,12)13;1-13-8(10)6-2-4-7(5-3-6)14(9,11)12/h3-6,11H,1-2H3,(H2,10,12,13);2-5H,1H3,(H2,9,11,12). The van der Waals surface area contributed by atoms with Crippen LogP contribution in [0.2, 0.25) is 0 Å². The summed E-state index contributed by atoms with van der Waals surface area (Å²) in [5.74, 6) is -0.522. The van der Waals surface area contributed by atoms with E-state index < -0.39 is 31.6 Å². The summed E-state index contributed by atoms with van der Waals surface area (Å²) in [7, 11) is -6.10. The third-order valence-corrected chi connectivity index (χ3v) is 5.35. The summed E-state index contributed by atoms with van der Waals surface area (Å²) in [5, 5.41) is 19.4. The van der Waals surface area contributed by atoms with Gasteiger partial charge in [-0.25, -0.2) is 31.9 Å². The van der Waals surface area contributed by atoms with Crippen molar-refractivity contribution in [1.29, 1.82) is 0 Å². The molecule has 0 aromatic heterocycles. The van der Waals surface area contributed by atoms with Crippen molar-refractivity contribution in [1.82, 2.24) is 0 Å². The normalized spacial score (nSPS) is 11.9. The molecule has 0 atom stereocenters. The number of aliphatic hydroxyl groups is 1. The fraction of sp³-hybridized carbons (Fsp3) is 0.235. The number of methoxy groups -OCH3 is 1. The second-order valence-corrected chi connectivity index (χ2v) is 9.31. The van der Waals surface area contributed by atoms with E-state index in [0.29, 0.717) is 5.56 Å². The molecular formula is C17H22N2O7S2. The first kappa shape index (κ1) is 23.7. The molecule has 0 unspecified atom stereocenters. The smallest absolute Gasteiger partial charge is 0.337 e. The molecule has 0 bridgehead atoms. The number of nitrogens with two attached hydrogens (primary N) is 2. The molecule has 2 aromatic rings. The number of esters is 1. The summed E-state index contributed by atoms with van der Waals surface area (Å²) in [4.78, 5) is 11.0. The zero-order valence-corrected chi connectivity index (χ0v) is 17.1. The molecule has 11 heteroatoms. The molecule has 0 radical (unpaired) electrons. The van der Waals surface area contributed by atoms with E-state index in [9.17, 15) is 26.7 Å². The maximum Gasteiger partial charge on any atom is 0.337 e. The van der Waals surface area contributed by atoms with Crippen molar-refractivity contribution >= 4 is 26.0 Å². The number of ether oxygens (including phenoxy) is 1. The van der Waals surface area contributed by atoms with E-state index in [-0.39, 0.29) is 15.4 Å². The van der Waals surface area contributed by atoms with Gasteiger partial charge in [-0.1, -0.05) is 12.1 Å². The zero-order chi connectivity index (χ0) is 21.8. The molecule has 154 valence electrons. The highest BCUT2D eigenvalue weighted by molar-refractivity contribution is 7.89. The fourth-order valence-electron chi connectivity index (χ4n) is 1.95. The first-order chi connectivity index (χ1) is 12.7. The Morgan fingerprint density at radius 2 is 1.21 bits per heavy atom. The Labute approximate surface area is 164 Å². The molecule has 0 aliphatic heterocycles. The van der Waals surface area contributed by atoms with E-state index >= 15 is 0 Å². The Hall–Kier alpha value is -2.31. The van der Waals surface area contributed by atoms with Crippen LogP contribution in [0.25, 0.3) is 0 Å². The van der Waals surface area contributed by atoms with E-state index in [0.717, 1.165) is 0 Å². The Morgan fingerprint density at radius 3 is 1.50 bits per heavy atom. The summed E-state index contributed by atoms with van der Waals surface area (Å²) >= 11 is 0. The van der Waals surface area contributed by atoms with Gasteiger partial charge in [0.2, 0.25) is 20.0 Å². The first-order valence-corrected chi connectivity index (χ1v) is 10.8. The fourth-order valence-corrected chi connectivity index (χ4v) is 2.98. The van der Waals surface area contributed by atoms with Gasteiger partial charge in [-0.3, -0.25) is 0 Å². The van der Waals surface area contributed by atoms with E-state index in [1.807, 2.05) is 0 Å². The number of benzene rings is 2.